The molecular formula is C22H33N3O2. The predicted molar refractivity (Wildman–Crippen MR) is 106 cm³/mol. The van der Waals surface area contributed by atoms with E-state index in [2.05, 4.69) is 45.0 Å². The molecule has 1 N–H and O–H groups in total. The van der Waals surface area contributed by atoms with Crippen molar-refractivity contribution in [1.82, 2.24) is 14.7 Å². The van der Waals surface area contributed by atoms with E-state index in [1.165, 1.54) is 18.4 Å². The SMILES string of the molecule is O=C([C@H]1C[C@@H](c2ccccc2)N2CCC[C@H]12)N1CCN(CCCCO)CC1. The van der Waals surface area contributed by atoms with E-state index in [0.717, 1.165) is 58.5 Å². The molecule has 0 spiro atoms. The molecule has 0 aliphatic carbocycles. The second-order valence-corrected chi connectivity index (χ2v) is 8.31. The fourth-order valence-electron chi connectivity index (χ4n) is 5.31. The second-order valence-electron chi connectivity index (χ2n) is 8.31. The third-order valence-corrected chi connectivity index (χ3v) is 6.75. The third kappa shape index (κ3) is 4.05. The molecule has 3 fully saturated rings. The average molecular weight is 372 g/mol. The van der Waals surface area contributed by atoms with Crippen LogP contribution >= 0.6 is 0 Å². The Balaban J connectivity index is 1.36. The molecule has 3 atom stereocenters. The Bertz CT molecular complexity index is 615. The highest BCUT2D eigenvalue weighted by atomic mass is 16.3. The molecule has 1 amide bonds. The Morgan fingerprint density at radius 1 is 1.04 bits per heavy atom. The summed E-state index contributed by atoms with van der Waals surface area (Å²) in [4.78, 5) is 20.5. The number of amides is 1. The summed E-state index contributed by atoms with van der Waals surface area (Å²) in [6.07, 6.45) is 5.28. The topological polar surface area (TPSA) is 47.0 Å². The Labute approximate surface area is 162 Å². The smallest absolute Gasteiger partial charge is 0.227 e. The minimum absolute atomic E-state index is 0.165. The lowest BCUT2D eigenvalue weighted by Crippen LogP contribution is -2.51. The number of hydrogen-bond acceptors (Lipinski definition) is 4. The highest BCUT2D eigenvalue weighted by molar-refractivity contribution is 5.80. The van der Waals surface area contributed by atoms with Crippen LogP contribution in [0.25, 0.3) is 0 Å². The first-order valence-corrected chi connectivity index (χ1v) is 10.7. The van der Waals surface area contributed by atoms with Crippen molar-refractivity contribution in [2.45, 2.75) is 44.2 Å². The molecule has 0 saturated carbocycles. The van der Waals surface area contributed by atoms with E-state index >= 15 is 0 Å². The maximum atomic E-state index is 13.3. The largest absolute Gasteiger partial charge is 0.396 e. The quantitative estimate of drug-likeness (QED) is 0.779. The van der Waals surface area contributed by atoms with Gasteiger partial charge in [-0.25, -0.2) is 0 Å². The van der Waals surface area contributed by atoms with E-state index < -0.39 is 0 Å². The number of piperazine rings is 1. The lowest BCUT2D eigenvalue weighted by atomic mass is 9.93. The van der Waals surface area contributed by atoms with Crippen LogP contribution in [0.3, 0.4) is 0 Å². The Hall–Kier alpha value is -1.43. The molecule has 3 aliphatic heterocycles. The van der Waals surface area contributed by atoms with Gasteiger partial charge in [-0.1, -0.05) is 30.3 Å². The van der Waals surface area contributed by atoms with Crippen molar-refractivity contribution in [2.75, 3.05) is 45.9 Å². The van der Waals surface area contributed by atoms with Gasteiger partial charge >= 0.3 is 0 Å². The number of carbonyl (C=O) groups excluding carboxylic acids is 1. The lowest BCUT2D eigenvalue weighted by molar-refractivity contribution is -0.137. The van der Waals surface area contributed by atoms with E-state index in [1.807, 2.05) is 0 Å². The highest BCUT2D eigenvalue weighted by Crippen LogP contribution is 2.45. The van der Waals surface area contributed by atoms with Crippen molar-refractivity contribution >= 4 is 5.91 Å². The molecular weight excluding hydrogens is 338 g/mol. The predicted octanol–water partition coefficient (Wildman–Crippen LogP) is 2.13. The van der Waals surface area contributed by atoms with Crippen molar-refractivity contribution in [2.24, 2.45) is 5.92 Å². The van der Waals surface area contributed by atoms with Crippen molar-refractivity contribution < 1.29 is 9.90 Å². The van der Waals surface area contributed by atoms with Crippen molar-refractivity contribution in [1.29, 1.82) is 0 Å². The van der Waals surface area contributed by atoms with Crippen molar-refractivity contribution in [3.05, 3.63) is 35.9 Å². The van der Waals surface area contributed by atoms with E-state index in [-0.39, 0.29) is 12.5 Å². The second kappa shape index (κ2) is 8.72. The van der Waals surface area contributed by atoms with Gasteiger partial charge in [-0.15, -0.1) is 0 Å². The van der Waals surface area contributed by atoms with E-state index in [4.69, 9.17) is 5.11 Å². The first-order chi connectivity index (χ1) is 13.3. The third-order valence-electron chi connectivity index (χ3n) is 6.75. The molecule has 27 heavy (non-hydrogen) atoms. The summed E-state index contributed by atoms with van der Waals surface area (Å²) in [6.45, 7) is 6.11. The van der Waals surface area contributed by atoms with Gasteiger partial charge in [0.25, 0.3) is 0 Å². The maximum Gasteiger partial charge on any atom is 0.227 e. The van der Waals surface area contributed by atoms with Crippen LogP contribution in [0.1, 0.15) is 43.7 Å². The minimum atomic E-state index is 0.165. The molecule has 3 heterocycles. The number of hydrogen-bond donors (Lipinski definition) is 1. The zero-order valence-corrected chi connectivity index (χ0v) is 16.3. The molecule has 5 heteroatoms. The van der Waals surface area contributed by atoms with Gasteiger partial charge in [-0.05, 0) is 50.8 Å². The number of fused-ring (bicyclic) bond motifs is 1. The lowest BCUT2D eigenvalue weighted by Gasteiger charge is -2.36. The van der Waals surface area contributed by atoms with E-state index in [0.29, 0.717) is 18.0 Å². The van der Waals surface area contributed by atoms with Gasteiger partial charge < -0.3 is 10.0 Å². The summed E-state index contributed by atoms with van der Waals surface area (Å²) in [5.74, 6) is 0.555. The summed E-state index contributed by atoms with van der Waals surface area (Å²) < 4.78 is 0. The standard InChI is InChI=1S/C22H33N3O2/c26-16-5-4-10-23-12-14-24(15-13-23)22(27)19-17-21(18-7-2-1-3-8-18)25-11-6-9-20(19)25/h1-3,7-8,19-21,26H,4-6,9-17H2/t19-,20+,21-/m0/s1. The van der Waals surface area contributed by atoms with Gasteiger partial charge in [0.05, 0.1) is 5.92 Å². The fourth-order valence-corrected chi connectivity index (χ4v) is 5.31. The molecule has 0 radical (unpaired) electrons. The Morgan fingerprint density at radius 3 is 2.56 bits per heavy atom. The molecule has 5 nitrogen and oxygen atoms in total. The molecule has 1 aromatic rings. The van der Waals surface area contributed by atoms with Crippen LogP contribution in [-0.2, 0) is 4.79 Å². The molecule has 3 saturated heterocycles. The summed E-state index contributed by atoms with van der Waals surface area (Å²) >= 11 is 0. The summed E-state index contributed by atoms with van der Waals surface area (Å²) in [7, 11) is 0. The number of aliphatic hydroxyl groups excluding tert-OH is 1. The first-order valence-electron chi connectivity index (χ1n) is 10.7. The average Bonchev–Trinajstić information content (AvgIpc) is 3.32. The molecule has 0 aromatic heterocycles. The zero-order valence-electron chi connectivity index (χ0n) is 16.3. The van der Waals surface area contributed by atoms with Gasteiger partial charge in [0.15, 0.2) is 0 Å². The number of unbranched alkanes of at least 4 members (excludes halogenated alkanes) is 1. The van der Waals surface area contributed by atoms with Crippen molar-refractivity contribution in [3.8, 4) is 0 Å². The fraction of sp³-hybridized carbons (Fsp3) is 0.682. The van der Waals surface area contributed by atoms with Crippen LogP contribution in [0, 0.1) is 5.92 Å². The van der Waals surface area contributed by atoms with Crippen LogP contribution in [0.5, 0.6) is 0 Å². The monoisotopic (exact) mass is 371 g/mol. The molecule has 3 aliphatic rings. The highest BCUT2D eigenvalue weighted by Gasteiger charge is 2.48. The van der Waals surface area contributed by atoms with Crippen LogP contribution in [0.15, 0.2) is 30.3 Å². The zero-order chi connectivity index (χ0) is 18.6. The van der Waals surface area contributed by atoms with Crippen LogP contribution in [0.2, 0.25) is 0 Å². The van der Waals surface area contributed by atoms with Crippen LogP contribution in [0.4, 0.5) is 0 Å². The molecule has 148 valence electrons. The van der Waals surface area contributed by atoms with Gasteiger partial charge in [-0.3, -0.25) is 14.6 Å². The molecule has 0 bridgehead atoms. The van der Waals surface area contributed by atoms with Gasteiger partial charge in [-0.2, -0.15) is 0 Å². The Morgan fingerprint density at radius 2 is 1.81 bits per heavy atom. The summed E-state index contributed by atoms with van der Waals surface area (Å²) in [6, 6.07) is 11.6. The van der Waals surface area contributed by atoms with Gasteiger partial charge in [0.2, 0.25) is 5.91 Å². The normalized spacial score (nSPS) is 29.2. The number of benzene rings is 1. The summed E-state index contributed by atoms with van der Waals surface area (Å²) in [5, 5.41) is 8.93. The van der Waals surface area contributed by atoms with E-state index in [1.54, 1.807) is 0 Å². The Kier molecular flexibility index (Phi) is 6.11. The van der Waals surface area contributed by atoms with Gasteiger partial charge in [0.1, 0.15) is 0 Å². The molecule has 0 unspecified atom stereocenters. The van der Waals surface area contributed by atoms with Gasteiger partial charge in [0, 0.05) is 44.9 Å². The number of rotatable bonds is 6. The number of aliphatic hydroxyl groups is 1. The number of nitrogens with zero attached hydrogens (tertiary/aromatic N) is 3. The summed E-state index contributed by atoms with van der Waals surface area (Å²) in [5.41, 5.74) is 1.37. The van der Waals surface area contributed by atoms with E-state index in [9.17, 15) is 4.79 Å². The molecule has 4 rings (SSSR count). The maximum absolute atomic E-state index is 13.3. The first kappa shape index (κ1) is 18.9. The molecule has 1 aromatic carbocycles. The van der Waals surface area contributed by atoms with Crippen LogP contribution in [-0.4, -0.2) is 77.6 Å². The van der Waals surface area contributed by atoms with Crippen LogP contribution < -0.4 is 0 Å². The van der Waals surface area contributed by atoms with Crippen molar-refractivity contribution in [3.63, 3.8) is 0 Å². The number of carbonyl (C=O) groups is 1. The minimum Gasteiger partial charge on any atom is -0.396 e.